The van der Waals surface area contributed by atoms with Gasteiger partial charge in [0, 0.05) is 52.4 Å². The van der Waals surface area contributed by atoms with Gasteiger partial charge < -0.3 is 15.4 Å². The van der Waals surface area contributed by atoms with Gasteiger partial charge in [0.15, 0.2) is 0 Å². The van der Waals surface area contributed by atoms with Crippen LogP contribution in [0.2, 0.25) is 0 Å². The molecule has 0 spiro atoms. The summed E-state index contributed by atoms with van der Waals surface area (Å²) >= 11 is 0. The number of amides is 4. The number of fused-ring (bicyclic) bond motifs is 1. The number of hydrogen-bond acceptors (Lipinski definition) is 8. The van der Waals surface area contributed by atoms with Crippen molar-refractivity contribution >= 4 is 54.1 Å². The van der Waals surface area contributed by atoms with Crippen molar-refractivity contribution in [2.45, 2.75) is 31.7 Å². The number of rotatable bonds is 9. The summed E-state index contributed by atoms with van der Waals surface area (Å²) in [6, 6.07) is 4.32. The molecule has 2 saturated heterocycles. The third-order valence-corrected chi connectivity index (χ3v) is 6.41. The molecule has 0 saturated carbocycles. The second-order valence-electron chi connectivity index (χ2n) is 8.58. The molecule has 3 N–H and O–H groups in total. The number of piperidine rings is 1. The maximum atomic E-state index is 13.3. The maximum absolute atomic E-state index is 13.3. The van der Waals surface area contributed by atoms with Crippen molar-refractivity contribution in [3.8, 4) is 0 Å². The number of imide groups is 2. The Morgan fingerprint density at radius 2 is 1.69 bits per heavy atom. The normalized spacial score (nSPS) is 20.3. The zero-order valence-corrected chi connectivity index (χ0v) is 21.2. The van der Waals surface area contributed by atoms with Crippen LogP contribution in [0.3, 0.4) is 0 Å². The van der Waals surface area contributed by atoms with E-state index in [1.54, 1.807) is 12.1 Å². The molecule has 1 atom stereocenters. The van der Waals surface area contributed by atoms with Crippen LogP contribution in [0, 0.1) is 0 Å². The Morgan fingerprint density at radius 1 is 0.971 bits per heavy atom. The summed E-state index contributed by atoms with van der Waals surface area (Å²) < 4.78 is 5.56. The van der Waals surface area contributed by atoms with Gasteiger partial charge in [0.1, 0.15) is 6.04 Å². The molecule has 35 heavy (non-hydrogen) atoms. The average Bonchev–Trinajstić information content (AvgIpc) is 3.07. The summed E-state index contributed by atoms with van der Waals surface area (Å²) in [6.07, 6.45) is 2.10. The number of nitrogens with one attached hydrogen (secondary N) is 1. The highest BCUT2D eigenvalue weighted by Crippen LogP contribution is 2.34. The van der Waals surface area contributed by atoms with E-state index in [-0.39, 0.29) is 43.6 Å². The van der Waals surface area contributed by atoms with Crippen molar-refractivity contribution in [1.82, 2.24) is 15.1 Å². The number of benzene rings is 1. The lowest BCUT2D eigenvalue weighted by atomic mass is 10.0. The molecule has 12 heteroatoms. The number of hydrogen-bond donors (Lipinski definition) is 2. The lowest BCUT2D eigenvalue weighted by Gasteiger charge is -2.36. The Labute approximate surface area is 217 Å². The number of nitrogens with two attached hydrogens (primary N) is 1. The lowest BCUT2D eigenvalue weighted by Crippen LogP contribution is -2.54. The molecule has 0 bridgehead atoms. The van der Waals surface area contributed by atoms with E-state index in [9.17, 15) is 19.2 Å². The summed E-state index contributed by atoms with van der Waals surface area (Å²) in [5.41, 5.74) is 6.86. The molecule has 2 fully saturated rings. The van der Waals surface area contributed by atoms with E-state index in [1.807, 2.05) is 6.07 Å². The molecule has 194 valence electrons. The van der Waals surface area contributed by atoms with E-state index in [4.69, 9.17) is 10.5 Å². The highest BCUT2D eigenvalue weighted by molar-refractivity contribution is 6.25. The number of piperazine rings is 1. The Balaban J connectivity index is 0.00000216. The van der Waals surface area contributed by atoms with Crippen LogP contribution < -0.4 is 16.0 Å². The predicted octanol–water partition coefficient (Wildman–Crippen LogP) is 0.809. The molecule has 1 aromatic carbocycles. The Bertz CT molecular complexity index is 939. The van der Waals surface area contributed by atoms with Crippen molar-refractivity contribution in [3.63, 3.8) is 0 Å². The van der Waals surface area contributed by atoms with Crippen LogP contribution in [-0.2, 0) is 14.3 Å². The fourth-order valence-corrected chi connectivity index (χ4v) is 4.65. The van der Waals surface area contributed by atoms with Gasteiger partial charge in [0.05, 0.1) is 16.8 Å². The Hall–Kier alpha value is -2.24. The molecule has 3 heterocycles. The zero-order valence-electron chi connectivity index (χ0n) is 19.6. The minimum absolute atomic E-state index is 0. The standard InChI is InChI=1S/C23H31N5O5.2ClH/c24-8-2-14-33-15-3-9-26-10-12-27(13-11-26)17-5-1-4-16-20(17)23(32)28(22(16)31)18-6-7-19(29)25-21(18)30;;/h1,4-5,18H,2-3,6-15,24H2,(H,25,29,30);2*1H. The van der Waals surface area contributed by atoms with Crippen molar-refractivity contribution in [1.29, 1.82) is 0 Å². The summed E-state index contributed by atoms with van der Waals surface area (Å²) in [5, 5.41) is 2.23. The fourth-order valence-electron chi connectivity index (χ4n) is 4.65. The highest BCUT2D eigenvalue weighted by atomic mass is 35.5. The van der Waals surface area contributed by atoms with E-state index in [2.05, 4.69) is 15.1 Å². The summed E-state index contributed by atoms with van der Waals surface area (Å²) in [4.78, 5) is 55.6. The molecule has 4 amide bonds. The fraction of sp³-hybridized carbons (Fsp3) is 0.565. The molecule has 1 aromatic rings. The van der Waals surface area contributed by atoms with Crippen molar-refractivity contribution < 1.29 is 23.9 Å². The third kappa shape index (κ3) is 6.31. The quantitative estimate of drug-likeness (QED) is 0.355. The molecular weight excluding hydrogens is 497 g/mol. The molecule has 0 aromatic heterocycles. The van der Waals surface area contributed by atoms with Crippen molar-refractivity contribution in [2.24, 2.45) is 5.73 Å². The monoisotopic (exact) mass is 529 g/mol. The van der Waals surface area contributed by atoms with Gasteiger partial charge in [-0.3, -0.25) is 34.3 Å². The lowest BCUT2D eigenvalue weighted by molar-refractivity contribution is -0.136. The van der Waals surface area contributed by atoms with Gasteiger partial charge in [-0.1, -0.05) is 6.07 Å². The Kier molecular flexibility index (Phi) is 10.9. The van der Waals surface area contributed by atoms with Crippen LogP contribution in [-0.4, -0.2) is 92.0 Å². The first-order valence-corrected chi connectivity index (χ1v) is 11.6. The van der Waals surface area contributed by atoms with E-state index in [0.29, 0.717) is 24.3 Å². The van der Waals surface area contributed by atoms with Crippen LogP contribution >= 0.6 is 24.8 Å². The van der Waals surface area contributed by atoms with E-state index in [1.165, 1.54) is 0 Å². The maximum Gasteiger partial charge on any atom is 0.264 e. The van der Waals surface area contributed by atoms with Gasteiger partial charge in [-0.05, 0) is 37.9 Å². The van der Waals surface area contributed by atoms with Crippen molar-refractivity contribution in [2.75, 3.05) is 57.4 Å². The molecule has 4 rings (SSSR count). The van der Waals surface area contributed by atoms with Crippen LogP contribution in [0.5, 0.6) is 0 Å². The highest BCUT2D eigenvalue weighted by Gasteiger charge is 2.46. The number of ether oxygens (including phenoxy) is 1. The van der Waals surface area contributed by atoms with Gasteiger partial charge in [0.25, 0.3) is 11.8 Å². The van der Waals surface area contributed by atoms with E-state index < -0.39 is 23.8 Å². The number of halogens is 2. The first-order valence-electron chi connectivity index (χ1n) is 11.6. The van der Waals surface area contributed by atoms with Gasteiger partial charge in [0.2, 0.25) is 11.8 Å². The van der Waals surface area contributed by atoms with Gasteiger partial charge in [-0.15, -0.1) is 24.8 Å². The molecule has 10 nitrogen and oxygen atoms in total. The third-order valence-electron chi connectivity index (χ3n) is 6.41. The van der Waals surface area contributed by atoms with Gasteiger partial charge in [-0.2, -0.15) is 0 Å². The van der Waals surface area contributed by atoms with Crippen LogP contribution in [0.1, 0.15) is 46.4 Å². The summed E-state index contributed by atoms with van der Waals surface area (Å²) in [7, 11) is 0. The minimum Gasteiger partial charge on any atom is -0.381 e. The van der Waals surface area contributed by atoms with Crippen LogP contribution in [0.25, 0.3) is 0 Å². The summed E-state index contributed by atoms with van der Waals surface area (Å²) in [5.74, 6) is -1.91. The van der Waals surface area contributed by atoms with E-state index >= 15 is 0 Å². The van der Waals surface area contributed by atoms with Gasteiger partial charge in [-0.25, -0.2) is 0 Å². The van der Waals surface area contributed by atoms with Crippen LogP contribution in [0.15, 0.2) is 18.2 Å². The molecule has 3 aliphatic rings. The molecule has 1 unspecified atom stereocenters. The number of nitrogens with zero attached hydrogens (tertiary/aromatic N) is 3. The van der Waals surface area contributed by atoms with E-state index in [0.717, 1.165) is 62.8 Å². The smallest absolute Gasteiger partial charge is 0.264 e. The summed E-state index contributed by atoms with van der Waals surface area (Å²) in [6.45, 7) is 6.20. The predicted molar refractivity (Wildman–Crippen MR) is 135 cm³/mol. The minimum atomic E-state index is -0.952. The average molecular weight is 530 g/mol. The SMILES string of the molecule is Cl.Cl.NCCCOCCCN1CCN(c2cccc3c2C(=O)N(C2CCC(=O)NC2=O)C3=O)CC1. The number of carbonyl (C=O) groups is 4. The van der Waals surface area contributed by atoms with Crippen LogP contribution in [0.4, 0.5) is 5.69 Å². The molecular formula is C23H33Cl2N5O5. The molecule has 0 radical (unpaired) electrons. The Morgan fingerprint density at radius 3 is 2.37 bits per heavy atom. The molecule has 3 aliphatic heterocycles. The largest absolute Gasteiger partial charge is 0.381 e. The van der Waals surface area contributed by atoms with Gasteiger partial charge >= 0.3 is 0 Å². The zero-order chi connectivity index (χ0) is 23.4. The van der Waals surface area contributed by atoms with Crippen molar-refractivity contribution in [3.05, 3.63) is 29.3 Å². The number of carbonyl (C=O) groups excluding carboxylic acids is 4. The number of anilines is 1. The second-order valence-corrected chi connectivity index (χ2v) is 8.58. The first kappa shape index (κ1) is 29.0. The molecule has 0 aliphatic carbocycles. The first-order chi connectivity index (χ1) is 16.0. The second kappa shape index (κ2) is 13.2. The topological polar surface area (TPSA) is 125 Å².